The maximum Gasteiger partial charge on any atom is 0.233 e. The van der Waals surface area contributed by atoms with Crippen molar-refractivity contribution < 1.29 is 13.2 Å². The molecule has 162 valence electrons. The minimum atomic E-state index is -3.38. The number of amides is 1. The largest absolute Gasteiger partial charge is 0.339 e. The number of thioether (sulfide) groups is 1. The summed E-state index contributed by atoms with van der Waals surface area (Å²) >= 11 is 2.96. The molecule has 1 aliphatic rings. The number of rotatable bonds is 7. The number of sulfonamides is 1. The molecule has 1 amide bonds. The van der Waals surface area contributed by atoms with Crippen molar-refractivity contribution in [2.24, 2.45) is 0 Å². The molecule has 0 atom stereocenters. The van der Waals surface area contributed by atoms with Crippen LogP contribution in [0.1, 0.15) is 5.56 Å². The maximum absolute atomic E-state index is 12.7. The predicted octanol–water partition coefficient (Wildman–Crippen LogP) is 3.58. The Hall–Kier alpha value is -2.20. The number of hydrogen-bond acceptors (Lipinski definition) is 6. The van der Waals surface area contributed by atoms with E-state index in [0.717, 1.165) is 21.2 Å². The number of benzene rings is 2. The topological polar surface area (TPSA) is 70.6 Å². The highest BCUT2D eigenvalue weighted by atomic mass is 32.2. The molecular formula is C22H23N3O3S3. The lowest BCUT2D eigenvalue weighted by Gasteiger charge is -2.34. The Morgan fingerprint density at radius 3 is 2.29 bits per heavy atom. The quantitative estimate of drug-likeness (QED) is 0.491. The zero-order chi connectivity index (χ0) is 21.7. The van der Waals surface area contributed by atoms with E-state index in [4.69, 9.17) is 0 Å². The average molecular weight is 474 g/mol. The fraction of sp³-hybridized carbons (Fsp3) is 0.273. The molecule has 2 aromatic carbocycles. The molecule has 0 spiro atoms. The summed E-state index contributed by atoms with van der Waals surface area (Å²) in [7, 11) is -3.38. The highest BCUT2D eigenvalue weighted by Gasteiger charge is 2.29. The molecular weight excluding hydrogens is 450 g/mol. The highest BCUT2D eigenvalue weighted by Crippen LogP contribution is 2.28. The van der Waals surface area contributed by atoms with Crippen molar-refractivity contribution in [3.8, 4) is 11.3 Å². The van der Waals surface area contributed by atoms with E-state index in [1.54, 1.807) is 4.90 Å². The molecule has 31 heavy (non-hydrogen) atoms. The number of carbonyl (C=O) groups excluding carboxylic acids is 1. The fourth-order valence-corrected chi connectivity index (χ4v) is 6.63. The van der Waals surface area contributed by atoms with Gasteiger partial charge in [0.05, 0.1) is 17.2 Å². The van der Waals surface area contributed by atoms with E-state index in [1.165, 1.54) is 27.4 Å². The van der Waals surface area contributed by atoms with Gasteiger partial charge in [0.15, 0.2) is 4.34 Å². The zero-order valence-electron chi connectivity index (χ0n) is 16.9. The third-order valence-corrected chi connectivity index (χ3v) is 8.90. The van der Waals surface area contributed by atoms with Crippen molar-refractivity contribution in [1.82, 2.24) is 14.2 Å². The lowest BCUT2D eigenvalue weighted by molar-refractivity contribution is -0.129. The first-order valence-electron chi connectivity index (χ1n) is 9.94. The molecule has 0 unspecified atom stereocenters. The van der Waals surface area contributed by atoms with Gasteiger partial charge in [-0.15, -0.1) is 11.3 Å². The zero-order valence-corrected chi connectivity index (χ0v) is 19.3. The van der Waals surface area contributed by atoms with Crippen molar-refractivity contribution in [2.45, 2.75) is 10.1 Å². The van der Waals surface area contributed by atoms with Crippen LogP contribution in [0.4, 0.5) is 0 Å². The number of thiazole rings is 1. The minimum absolute atomic E-state index is 0.00850. The predicted molar refractivity (Wildman–Crippen MR) is 125 cm³/mol. The Bertz CT molecular complexity index is 1110. The van der Waals surface area contributed by atoms with E-state index < -0.39 is 10.0 Å². The van der Waals surface area contributed by atoms with Gasteiger partial charge in [-0.2, -0.15) is 4.31 Å². The van der Waals surface area contributed by atoms with Crippen LogP contribution in [0.15, 0.2) is 70.4 Å². The second kappa shape index (κ2) is 9.95. The number of piperazine rings is 1. The molecule has 1 fully saturated rings. The van der Waals surface area contributed by atoms with E-state index in [9.17, 15) is 13.2 Å². The monoisotopic (exact) mass is 473 g/mol. The van der Waals surface area contributed by atoms with Crippen LogP contribution in [0.2, 0.25) is 0 Å². The maximum atomic E-state index is 12.7. The molecule has 6 nitrogen and oxygen atoms in total. The Kier molecular flexibility index (Phi) is 7.06. The lowest BCUT2D eigenvalue weighted by Crippen LogP contribution is -2.51. The molecule has 0 radical (unpaired) electrons. The van der Waals surface area contributed by atoms with Gasteiger partial charge in [0.1, 0.15) is 0 Å². The molecule has 0 saturated carbocycles. The van der Waals surface area contributed by atoms with E-state index in [-0.39, 0.29) is 11.7 Å². The van der Waals surface area contributed by atoms with Gasteiger partial charge in [0.25, 0.3) is 0 Å². The Morgan fingerprint density at radius 2 is 1.61 bits per heavy atom. The number of nitrogens with zero attached hydrogens (tertiary/aromatic N) is 3. The number of hydrogen-bond donors (Lipinski definition) is 0. The summed E-state index contributed by atoms with van der Waals surface area (Å²) in [6, 6.07) is 19.1. The third-order valence-electron chi connectivity index (χ3n) is 5.05. The first-order chi connectivity index (χ1) is 15.0. The molecule has 4 rings (SSSR count). The molecule has 2 heterocycles. The van der Waals surface area contributed by atoms with Crippen LogP contribution in [-0.4, -0.2) is 60.4 Å². The molecule has 1 aromatic heterocycles. The number of aromatic nitrogens is 1. The Morgan fingerprint density at radius 1 is 0.968 bits per heavy atom. The summed E-state index contributed by atoms with van der Waals surface area (Å²) in [6.07, 6.45) is 0. The van der Waals surface area contributed by atoms with Crippen LogP contribution >= 0.6 is 23.1 Å². The fourth-order valence-electron chi connectivity index (χ4n) is 3.37. The van der Waals surface area contributed by atoms with E-state index in [2.05, 4.69) is 4.98 Å². The van der Waals surface area contributed by atoms with E-state index >= 15 is 0 Å². The van der Waals surface area contributed by atoms with Crippen LogP contribution in [-0.2, 0) is 20.6 Å². The summed E-state index contributed by atoms with van der Waals surface area (Å²) in [5, 5.41) is 2.00. The van der Waals surface area contributed by atoms with Crippen LogP contribution in [0.3, 0.4) is 0 Å². The first kappa shape index (κ1) is 22.0. The van der Waals surface area contributed by atoms with Crippen LogP contribution in [0.5, 0.6) is 0 Å². The van der Waals surface area contributed by atoms with Crippen molar-refractivity contribution in [3.63, 3.8) is 0 Å². The molecule has 1 saturated heterocycles. The molecule has 3 aromatic rings. The smallest absolute Gasteiger partial charge is 0.233 e. The summed E-state index contributed by atoms with van der Waals surface area (Å²) in [5.74, 6) is 0.311. The summed E-state index contributed by atoms with van der Waals surface area (Å²) < 4.78 is 27.7. The Labute approximate surface area is 191 Å². The summed E-state index contributed by atoms with van der Waals surface area (Å²) in [5.41, 5.74) is 2.75. The van der Waals surface area contributed by atoms with Crippen LogP contribution in [0.25, 0.3) is 11.3 Å². The van der Waals surface area contributed by atoms with Gasteiger partial charge < -0.3 is 4.90 Å². The van der Waals surface area contributed by atoms with Gasteiger partial charge in [0.2, 0.25) is 15.9 Å². The molecule has 0 bridgehead atoms. The first-order valence-corrected chi connectivity index (χ1v) is 13.4. The van der Waals surface area contributed by atoms with Gasteiger partial charge in [-0.3, -0.25) is 4.79 Å². The van der Waals surface area contributed by atoms with Gasteiger partial charge in [-0.05, 0) is 5.56 Å². The van der Waals surface area contributed by atoms with E-state index in [1.807, 2.05) is 66.0 Å². The molecule has 9 heteroatoms. The average Bonchev–Trinajstić information content (AvgIpc) is 3.28. The van der Waals surface area contributed by atoms with Gasteiger partial charge in [-0.25, -0.2) is 13.4 Å². The minimum Gasteiger partial charge on any atom is -0.339 e. The summed E-state index contributed by atoms with van der Waals surface area (Å²) in [4.78, 5) is 19.0. The van der Waals surface area contributed by atoms with Crippen LogP contribution < -0.4 is 0 Å². The van der Waals surface area contributed by atoms with Gasteiger partial charge in [-0.1, -0.05) is 72.4 Å². The van der Waals surface area contributed by atoms with Gasteiger partial charge in [0, 0.05) is 37.1 Å². The number of carbonyl (C=O) groups is 1. The second-order valence-corrected chi connectivity index (χ2v) is 11.2. The Balaban J connectivity index is 1.26. The summed E-state index contributed by atoms with van der Waals surface area (Å²) in [6.45, 7) is 1.50. The molecule has 0 aliphatic carbocycles. The standard InChI is InChI=1S/C22H23N3O3S3/c26-21(16-30-22-23-20(15-29-22)19-9-5-2-6-10-19)24-11-13-25(14-12-24)31(27,28)17-18-7-3-1-4-8-18/h1-10,15H,11-14,16-17H2. The molecule has 0 N–H and O–H groups in total. The van der Waals surface area contributed by atoms with E-state index in [0.29, 0.717) is 31.9 Å². The second-order valence-electron chi connectivity index (χ2n) is 7.18. The lowest BCUT2D eigenvalue weighted by atomic mass is 10.2. The SMILES string of the molecule is O=C(CSc1nc(-c2ccccc2)cs1)N1CCN(S(=O)(=O)Cc2ccccc2)CC1. The van der Waals surface area contributed by atoms with Gasteiger partial charge >= 0.3 is 0 Å². The van der Waals surface area contributed by atoms with Crippen molar-refractivity contribution in [2.75, 3.05) is 31.9 Å². The van der Waals surface area contributed by atoms with Crippen molar-refractivity contribution in [1.29, 1.82) is 0 Å². The highest BCUT2D eigenvalue weighted by molar-refractivity contribution is 8.01. The van der Waals surface area contributed by atoms with Crippen LogP contribution in [0, 0.1) is 0 Å². The third kappa shape index (κ3) is 5.74. The normalized spacial score (nSPS) is 15.2. The van der Waals surface area contributed by atoms with Crippen molar-refractivity contribution in [3.05, 3.63) is 71.6 Å². The van der Waals surface area contributed by atoms with Crippen molar-refractivity contribution >= 4 is 39.0 Å². The molecule has 1 aliphatic heterocycles.